The number of aryl methyl sites for hydroxylation is 1. The summed E-state index contributed by atoms with van der Waals surface area (Å²) in [4.78, 5) is 9.55. The molecule has 0 aromatic carbocycles. The molecule has 0 saturated carbocycles. The number of hydrogen-bond donors (Lipinski definition) is 0. The molecule has 1 aromatic rings. The second kappa shape index (κ2) is 7.37. The Morgan fingerprint density at radius 2 is 1.86 bits per heavy atom. The van der Waals surface area contributed by atoms with Crippen LogP contribution in [-0.4, -0.2) is 53.0 Å². The second-order valence-corrected chi connectivity index (χ2v) is 6.59. The van der Waals surface area contributed by atoms with Gasteiger partial charge >= 0.3 is 0 Å². The highest BCUT2D eigenvalue weighted by Gasteiger charge is 2.32. The van der Waals surface area contributed by atoms with Crippen LogP contribution in [0.5, 0.6) is 0 Å². The lowest BCUT2D eigenvalue weighted by Crippen LogP contribution is -2.46. The number of pyridine rings is 1. The first-order valence-electron chi connectivity index (χ1n) is 8.74. The Balaban J connectivity index is 1.51. The molecule has 1 atom stereocenters. The van der Waals surface area contributed by atoms with Gasteiger partial charge < -0.3 is 4.90 Å². The Labute approximate surface area is 129 Å². The van der Waals surface area contributed by atoms with E-state index in [9.17, 15) is 0 Å². The number of likely N-dealkylation sites (tertiary alicyclic amines) is 2. The van der Waals surface area contributed by atoms with Crippen LogP contribution in [0.1, 0.15) is 44.6 Å². The molecular weight excluding hydrogens is 258 g/mol. The maximum Gasteiger partial charge on any atom is 0.0270 e. The maximum atomic E-state index is 4.11. The van der Waals surface area contributed by atoms with Crippen LogP contribution in [-0.2, 0) is 6.42 Å². The summed E-state index contributed by atoms with van der Waals surface area (Å²) < 4.78 is 0. The van der Waals surface area contributed by atoms with Gasteiger partial charge in [-0.25, -0.2) is 0 Å². The summed E-state index contributed by atoms with van der Waals surface area (Å²) in [5, 5.41) is 0. The number of aromatic nitrogens is 1. The van der Waals surface area contributed by atoms with Crippen LogP contribution in [0.15, 0.2) is 24.5 Å². The van der Waals surface area contributed by atoms with E-state index < -0.39 is 0 Å². The van der Waals surface area contributed by atoms with E-state index in [1.54, 1.807) is 0 Å². The molecule has 0 amide bonds. The summed E-state index contributed by atoms with van der Waals surface area (Å²) in [5.74, 6) is 0. The molecule has 3 heteroatoms. The van der Waals surface area contributed by atoms with Crippen LogP contribution in [0.4, 0.5) is 0 Å². The zero-order valence-electron chi connectivity index (χ0n) is 13.4. The average molecular weight is 287 g/mol. The van der Waals surface area contributed by atoms with Gasteiger partial charge in [0.15, 0.2) is 0 Å². The Hall–Kier alpha value is -0.930. The summed E-state index contributed by atoms with van der Waals surface area (Å²) in [6, 6.07) is 5.99. The van der Waals surface area contributed by atoms with E-state index >= 15 is 0 Å². The van der Waals surface area contributed by atoms with Gasteiger partial charge in [0.05, 0.1) is 0 Å². The molecule has 2 aliphatic heterocycles. The fourth-order valence-corrected chi connectivity index (χ4v) is 4.10. The molecule has 3 rings (SSSR count). The van der Waals surface area contributed by atoms with Gasteiger partial charge in [-0.3, -0.25) is 9.88 Å². The van der Waals surface area contributed by atoms with Gasteiger partial charge in [-0.15, -0.1) is 0 Å². The smallest absolute Gasteiger partial charge is 0.0270 e. The van der Waals surface area contributed by atoms with E-state index in [0.717, 1.165) is 12.1 Å². The van der Waals surface area contributed by atoms with Crippen molar-refractivity contribution >= 4 is 0 Å². The molecule has 3 nitrogen and oxygen atoms in total. The Kier molecular flexibility index (Phi) is 5.26. The molecule has 3 heterocycles. The molecule has 0 spiro atoms. The van der Waals surface area contributed by atoms with Crippen molar-refractivity contribution in [1.29, 1.82) is 0 Å². The quantitative estimate of drug-likeness (QED) is 0.830. The van der Waals surface area contributed by atoms with Crippen LogP contribution in [0.25, 0.3) is 0 Å². The molecule has 0 aliphatic carbocycles. The van der Waals surface area contributed by atoms with Crippen LogP contribution >= 0.6 is 0 Å². The molecule has 21 heavy (non-hydrogen) atoms. The van der Waals surface area contributed by atoms with Crippen LogP contribution in [0.3, 0.4) is 0 Å². The van der Waals surface area contributed by atoms with E-state index in [4.69, 9.17) is 0 Å². The monoisotopic (exact) mass is 287 g/mol. The van der Waals surface area contributed by atoms with Crippen molar-refractivity contribution in [3.8, 4) is 0 Å². The zero-order valence-corrected chi connectivity index (χ0v) is 13.4. The van der Waals surface area contributed by atoms with Crippen molar-refractivity contribution in [1.82, 2.24) is 14.8 Å². The third-order valence-electron chi connectivity index (χ3n) is 5.41. The summed E-state index contributed by atoms with van der Waals surface area (Å²) in [7, 11) is 0. The predicted molar refractivity (Wildman–Crippen MR) is 87.4 cm³/mol. The van der Waals surface area contributed by atoms with Crippen LogP contribution in [0, 0.1) is 0 Å². The first-order chi connectivity index (χ1) is 10.4. The van der Waals surface area contributed by atoms with Gasteiger partial charge in [-0.2, -0.15) is 0 Å². The fourth-order valence-electron chi connectivity index (χ4n) is 4.10. The number of nitrogens with zero attached hydrogens (tertiary/aromatic N) is 3. The average Bonchev–Trinajstić information content (AvgIpc) is 3.02. The minimum Gasteiger partial charge on any atom is -0.303 e. The summed E-state index contributed by atoms with van der Waals surface area (Å²) in [6.45, 7) is 7.44. The van der Waals surface area contributed by atoms with E-state index in [2.05, 4.69) is 33.8 Å². The molecule has 2 saturated heterocycles. The Morgan fingerprint density at radius 3 is 2.57 bits per heavy atom. The molecular formula is C18H29N3. The summed E-state index contributed by atoms with van der Waals surface area (Å²) in [5.41, 5.74) is 1.44. The van der Waals surface area contributed by atoms with Gasteiger partial charge in [-0.05, 0) is 82.4 Å². The molecule has 0 radical (unpaired) electrons. The lowest BCUT2D eigenvalue weighted by atomic mass is 9.99. The van der Waals surface area contributed by atoms with Crippen molar-refractivity contribution < 1.29 is 0 Å². The maximum absolute atomic E-state index is 4.11. The zero-order chi connectivity index (χ0) is 14.5. The van der Waals surface area contributed by atoms with Gasteiger partial charge in [-0.1, -0.05) is 6.92 Å². The molecule has 116 valence electrons. The lowest BCUT2D eigenvalue weighted by molar-refractivity contribution is 0.0982. The lowest BCUT2D eigenvalue weighted by Gasteiger charge is -2.39. The molecule has 0 bridgehead atoms. The van der Waals surface area contributed by atoms with E-state index in [0.29, 0.717) is 0 Å². The summed E-state index contributed by atoms with van der Waals surface area (Å²) in [6.07, 6.45) is 11.9. The minimum absolute atomic E-state index is 0.816. The Morgan fingerprint density at radius 1 is 1.10 bits per heavy atom. The van der Waals surface area contributed by atoms with Crippen molar-refractivity contribution in [2.24, 2.45) is 0 Å². The first-order valence-corrected chi connectivity index (χ1v) is 8.74. The van der Waals surface area contributed by atoms with Gasteiger partial charge in [0, 0.05) is 24.5 Å². The van der Waals surface area contributed by atoms with Crippen molar-refractivity contribution in [2.75, 3.05) is 26.2 Å². The standard InChI is InChI=1S/C18H29N3/c1-2-20-14-9-18(10-15-20)21-13-3-4-17(21)6-5-16-7-11-19-12-8-16/h7-8,11-12,17-18H,2-6,9-10,13-15H2,1H3/t17-/m0/s1. The van der Waals surface area contributed by atoms with E-state index in [-0.39, 0.29) is 0 Å². The number of hydrogen-bond acceptors (Lipinski definition) is 3. The predicted octanol–water partition coefficient (Wildman–Crippen LogP) is 2.96. The SMILES string of the molecule is CCN1CCC(N2CCC[C@H]2CCc2ccncc2)CC1. The van der Waals surface area contributed by atoms with Crippen molar-refractivity contribution in [2.45, 2.75) is 57.5 Å². The van der Waals surface area contributed by atoms with Gasteiger partial charge in [0.2, 0.25) is 0 Å². The van der Waals surface area contributed by atoms with Crippen LogP contribution < -0.4 is 0 Å². The van der Waals surface area contributed by atoms with Gasteiger partial charge in [0.1, 0.15) is 0 Å². The molecule has 2 aliphatic rings. The normalized spacial score (nSPS) is 25.5. The molecule has 1 aromatic heterocycles. The highest BCUT2D eigenvalue weighted by Crippen LogP contribution is 2.28. The van der Waals surface area contributed by atoms with Crippen molar-refractivity contribution in [3.63, 3.8) is 0 Å². The number of rotatable bonds is 5. The third kappa shape index (κ3) is 3.83. The fraction of sp³-hybridized carbons (Fsp3) is 0.722. The first kappa shape index (κ1) is 15.0. The highest BCUT2D eigenvalue weighted by molar-refractivity contribution is 5.10. The highest BCUT2D eigenvalue weighted by atomic mass is 15.2. The third-order valence-corrected chi connectivity index (χ3v) is 5.41. The minimum atomic E-state index is 0.816. The second-order valence-electron chi connectivity index (χ2n) is 6.59. The van der Waals surface area contributed by atoms with Crippen LogP contribution in [0.2, 0.25) is 0 Å². The topological polar surface area (TPSA) is 19.4 Å². The van der Waals surface area contributed by atoms with Crippen molar-refractivity contribution in [3.05, 3.63) is 30.1 Å². The van der Waals surface area contributed by atoms with Gasteiger partial charge in [0.25, 0.3) is 0 Å². The van der Waals surface area contributed by atoms with E-state index in [1.807, 2.05) is 12.4 Å². The molecule has 2 fully saturated rings. The number of piperidine rings is 1. The molecule has 0 unspecified atom stereocenters. The summed E-state index contributed by atoms with van der Waals surface area (Å²) >= 11 is 0. The van der Waals surface area contributed by atoms with E-state index in [1.165, 1.54) is 70.3 Å². The molecule has 0 N–H and O–H groups in total. The largest absolute Gasteiger partial charge is 0.303 e. The Bertz CT molecular complexity index is 412.